The Bertz CT molecular complexity index is 895. The van der Waals surface area contributed by atoms with E-state index in [9.17, 15) is 4.79 Å². The van der Waals surface area contributed by atoms with Crippen LogP contribution in [0.3, 0.4) is 0 Å². The normalized spacial score (nSPS) is 16.0. The van der Waals surface area contributed by atoms with Crippen LogP contribution < -0.4 is 5.32 Å². The van der Waals surface area contributed by atoms with Gasteiger partial charge < -0.3 is 9.88 Å². The Balaban J connectivity index is 1.36. The smallest absolute Gasteiger partial charge is 0.253 e. The molecule has 0 saturated carbocycles. The van der Waals surface area contributed by atoms with Crippen LogP contribution in [0.2, 0.25) is 0 Å². The predicted molar refractivity (Wildman–Crippen MR) is 103 cm³/mol. The summed E-state index contributed by atoms with van der Waals surface area (Å²) in [6.45, 7) is 3.00. The lowest BCUT2D eigenvalue weighted by Crippen LogP contribution is -2.44. The molecule has 1 saturated heterocycles. The molecule has 1 aromatic carbocycles. The van der Waals surface area contributed by atoms with Gasteiger partial charge in [0.2, 0.25) is 0 Å². The van der Waals surface area contributed by atoms with Gasteiger partial charge in [-0.15, -0.1) is 0 Å². The lowest BCUT2D eigenvalue weighted by Gasteiger charge is -2.32. The Morgan fingerprint density at radius 2 is 1.92 bits per heavy atom. The molecule has 26 heavy (non-hydrogen) atoms. The van der Waals surface area contributed by atoms with Crippen LogP contribution in [0.25, 0.3) is 11.0 Å². The lowest BCUT2D eigenvalue weighted by molar-refractivity contribution is 0.0910. The number of pyridine rings is 1. The maximum Gasteiger partial charge on any atom is 0.253 e. The molecule has 1 aliphatic rings. The third kappa shape index (κ3) is 3.48. The summed E-state index contributed by atoms with van der Waals surface area (Å²) in [6, 6.07) is 14.6. The molecule has 0 spiro atoms. The average molecular weight is 348 g/mol. The van der Waals surface area contributed by atoms with E-state index in [1.807, 2.05) is 36.0 Å². The van der Waals surface area contributed by atoms with E-state index in [1.54, 1.807) is 6.20 Å². The Labute approximate surface area is 153 Å². The average Bonchev–Trinajstić information content (AvgIpc) is 3.01. The fourth-order valence-electron chi connectivity index (χ4n) is 3.73. The highest BCUT2D eigenvalue weighted by Crippen LogP contribution is 2.19. The van der Waals surface area contributed by atoms with Crippen molar-refractivity contribution < 1.29 is 4.79 Å². The molecule has 0 unspecified atom stereocenters. The molecule has 3 aromatic rings. The second kappa shape index (κ2) is 7.30. The molecular weight excluding hydrogens is 324 g/mol. The Morgan fingerprint density at radius 3 is 2.69 bits per heavy atom. The molecule has 1 fully saturated rings. The number of carbonyl (C=O) groups is 1. The number of aryl methyl sites for hydroxylation is 1. The third-order valence-corrected chi connectivity index (χ3v) is 5.15. The van der Waals surface area contributed by atoms with Crippen molar-refractivity contribution in [2.75, 3.05) is 13.1 Å². The van der Waals surface area contributed by atoms with Crippen molar-refractivity contribution >= 4 is 16.9 Å². The number of piperidine rings is 1. The van der Waals surface area contributed by atoms with Crippen LogP contribution in [0.5, 0.6) is 0 Å². The number of aromatic nitrogens is 2. The monoisotopic (exact) mass is 348 g/mol. The number of carbonyl (C=O) groups excluding carboxylic acids is 1. The Morgan fingerprint density at radius 1 is 1.15 bits per heavy atom. The van der Waals surface area contributed by atoms with Gasteiger partial charge >= 0.3 is 0 Å². The van der Waals surface area contributed by atoms with Crippen LogP contribution in [0.1, 0.15) is 28.8 Å². The SMILES string of the molecule is Cn1cc(C(=O)NC2CCN(Cc3ccccc3)CC2)c2cccnc21. The van der Waals surface area contributed by atoms with Crippen LogP contribution >= 0.6 is 0 Å². The van der Waals surface area contributed by atoms with Gasteiger partial charge in [-0.2, -0.15) is 0 Å². The van der Waals surface area contributed by atoms with E-state index in [4.69, 9.17) is 0 Å². The van der Waals surface area contributed by atoms with Gasteiger partial charge in [-0.1, -0.05) is 30.3 Å². The summed E-state index contributed by atoms with van der Waals surface area (Å²) in [5.74, 6) is 0.00473. The number of fused-ring (bicyclic) bond motifs is 1. The topological polar surface area (TPSA) is 50.2 Å². The first kappa shape index (κ1) is 16.8. The fraction of sp³-hybridized carbons (Fsp3) is 0.333. The van der Waals surface area contributed by atoms with E-state index in [-0.39, 0.29) is 11.9 Å². The van der Waals surface area contributed by atoms with Crippen molar-refractivity contribution in [3.63, 3.8) is 0 Å². The van der Waals surface area contributed by atoms with Crippen LogP contribution in [0.15, 0.2) is 54.9 Å². The zero-order valence-corrected chi connectivity index (χ0v) is 15.1. The van der Waals surface area contributed by atoms with Gasteiger partial charge in [-0.3, -0.25) is 9.69 Å². The second-order valence-electron chi connectivity index (χ2n) is 7.04. The van der Waals surface area contributed by atoms with E-state index in [0.717, 1.165) is 43.5 Å². The van der Waals surface area contributed by atoms with E-state index in [0.29, 0.717) is 5.56 Å². The second-order valence-corrected chi connectivity index (χ2v) is 7.04. The summed E-state index contributed by atoms with van der Waals surface area (Å²) in [5, 5.41) is 4.13. The van der Waals surface area contributed by atoms with Crippen LogP contribution in [0.4, 0.5) is 0 Å². The van der Waals surface area contributed by atoms with Crippen molar-refractivity contribution in [1.82, 2.24) is 19.8 Å². The van der Waals surface area contributed by atoms with Crippen LogP contribution in [-0.4, -0.2) is 39.5 Å². The predicted octanol–water partition coefficient (Wildman–Crippen LogP) is 2.97. The largest absolute Gasteiger partial charge is 0.349 e. The number of benzene rings is 1. The number of rotatable bonds is 4. The summed E-state index contributed by atoms with van der Waals surface area (Å²) >= 11 is 0. The summed E-state index contributed by atoms with van der Waals surface area (Å²) < 4.78 is 1.91. The fourth-order valence-corrected chi connectivity index (χ4v) is 3.73. The van der Waals surface area contributed by atoms with Crippen molar-refractivity contribution in [1.29, 1.82) is 0 Å². The highest BCUT2D eigenvalue weighted by molar-refractivity contribution is 6.06. The Hall–Kier alpha value is -2.66. The van der Waals surface area contributed by atoms with Crippen LogP contribution in [0, 0.1) is 0 Å². The van der Waals surface area contributed by atoms with E-state index in [2.05, 4.69) is 39.5 Å². The number of amides is 1. The molecule has 1 aliphatic heterocycles. The van der Waals surface area contributed by atoms with Gasteiger partial charge in [-0.05, 0) is 30.5 Å². The first-order chi connectivity index (χ1) is 12.7. The number of hydrogen-bond acceptors (Lipinski definition) is 3. The first-order valence-electron chi connectivity index (χ1n) is 9.18. The highest BCUT2D eigenvalue weighted by atomic mass is 16.1. The minimum Gasteiger partial charge on any atom is -0.349 e. The maximum atomic E-state index is 12.7. The highest BCUT2D eigenvalue weighted by Gasteiger charge is 2.22. The number of hydrogen-bond donors (Lipinski definition) is 1. The van der Waals surface area contributed by atoms with E-state index >= 15 is 0 Å². The van der Waals surface area contributed by atoms with Crippen molar-refractivity contribution in [3.8, 4) is 0 Å². The van der Waals surface area contributed by atoms with Gasteiger partial charge in [0.05, 0.1) is 5.56 Å². The number of likely N-dealkylation sites (tertiary alicyclic amines) is 1. The lowest BCUT2D eigenvalue weighted by atomic mass is 10.0. The van der Waals surface area contributed by atoms with Crippen LogP contribution in [-0.2, 0) is 13.6 Å². The van der Waals surface area contributed by atoms with E-state index < -0.39 is 0 Å². The van der Waals surface area contributed by atoms with Gasteiger partial charge in [0.1, 0.15) is 5.65 Å². The molecule has 5 heteroatoms. The summed E-state index contributed by atoms with van der Waals surface area (Å²) in [4.78, 5) is 19.6. The van der Waals surface area contributed by atoms with Crippen molar-refractivity contribution in [2.45, 2.75) is 25.4 Å². The molecule has 0 bridgehead atoms. The van der Waals surface area contributed by atoms with Gasteiger partial charge in [-0.25, -0.2) is 4.98 Å². The van der Waals surface area contributed by atoms with Crippen molar-refractivity contribution in [3.05, 3.63) is 66.0 Å². The summed E-state index contributed by atoms with van der Waals surface area (Å²) in [7, 11) is 1.92. The molecule has 1 N–H and O–H groups in total. The summed E-state index contributed by atoms with van der Waals surface area (Å²) in [5.41, 5.74) is 2.90. The molecule has 0 radical (unpaired) electrons. The molecular formula is C21H24N4O. The first-order valence-corrected chi connectivity index (χ1v) is 9.18. The standard InChI is InChI=1S/C21H24N4O/c1-24-15-19(18-8-5-11-22-20(18)24)21(26)23-17-9-12-25(13-10-17)14-16-6-3-2-4-7-16/h2-8,11,15,17H,9-10,12-14H2,1H3,(H,23,26). The molecule has 134 valence electrons. The van der Waals surface area contributed by atoms with Gasteiger partial charge in [0, 0.05) is 50.5 Å². The molecule has 1 amide bonds. The van der Waals surface area contributed by atoms with Gasteiger partial charge in [0.25, 0.3) is 5.91 Å². The van der Waals surface area contributed by atoms with E-state index in [1.165, 1.54) is 5.56 Å². The molecule has 2 aromatic heterocycles. The Kier molecular flexibility index (Phi) is 4.71. The minimum atomic E-state index is 0.00473. The molecule has 0 atom stereocenters. The minimum absolute atomic E-state index is 0.00473. The zero-order chi connectivity index (χ0) is 17.9. The number of nitrogens with one attached hydrogen (secondary N) is 1. The van der Waals surface area contributed by atoms with Crippen molar-refractivity contribution in [2.24, 2.45) is 7.05 Å². The van der Waals surface area contributed by atoms with Gasteiger partial charge in [0.15, 0.2) is 0 Å². The maximum absolute atomic E-state index is 12.7. The summed E-state index contributed by atoms with van der Waals surface area (Å²) in [6.07, 6.45) is 5.60. The number of nitrogens with zero attached hydrogens (tertiary/aromatic N) is 3. The molecule has 3 heterocycles. The molecule has 4 rings (SSSR count). The quantitative estimate of drug-likeness (QED) is 0.789. The molecule has 0 aliphatic carbocycles. The molecule has 5 nitrogen and oxygen atoms in total. The third-order valence-electron chi connectivity index (χ3n) is 5.15. The zero-order valence-electron chi connectivity index (χ0n) is 15.1.